The molecule has 54 valence electrons. The molecule has 0 aromatic carbocycles. The maximum Gasteiger partial charge on any atom is 0.335 e. The van der Waals surface area contributed by atoms with Crippen LogP contribution in [0.5, 0.6) is 0 Å². The maximum atomic E-state index is 9.94. The van der Waals surface area contributed by atoms with Gasteiger partial charge in [0.15, 0.2) is 6.10 Å². The molecule has 0 aromatic heterocycles. The highest BCUT2D eigenvalue weighted by Gasteiger charge is 2.29. The Bertz CT molecular complexity index is 117. The summed E-state index contributed by atoms with van der Waals surface area (Å²) in [6.45, 7) is 1.23. The molecule has 5 nitrogen and oxygen atoms in total. The Morgan fingerprint density at radius 1 is 1.67 bits per heavy atom. The average Bonchev–Trinajstić information content (AvgIpc) is 1.62. The fourth-order valence-corrected chi connectivity index (χ4v) is 0.266. The molecule has 0 fully saturated rings. The van der Waals surface area contributed by atoms with Crippen molar-refractivity contribution < 1.29 is 15.0 Å². The van der Waals surface area contributed by atoms with Crippen molar-refractivity contribution in [1.82, 2.24) is 0 Å². The third kappa shape index (κ3) is 2.41. The molecule has 1 atom stereocenters. The van der Waals surface area contributed by atoms with Crippen LogP contribution >= 0.6 is 0 Å². The lowest BCUT2D eigenvalue weighted by molar-refractivity contribution is -0.149. The van der Waals surface area contributed by atoms with Crippen LogP contribution in [-0.2, 0) is 4.79 Å². The maximum absolute atomic E-state index is 9.94. The SMILES string of the molecule is CC(N)(N)C(O)C(=O)O. The summed E-state index contributed by atoms with van der Waals surface area (Å²) in [4.78, 5) is 9.94. The van der Waals surface area contributed by atoms with E-state index in [1.807, 2.05) is 0 Å². The largest absolute Gasteiger partial charge is 0.479 e. The van der Waals surface area contributed by atoms with Crippen molar-refractivity contribution in [2.45, 2.75) is 18.7 Å². The lowest BCUT2D eigenvalue weighted by Crippen LogP contribution is -2.59. The molecule has 0 saturated carbocycles. The van der Waals surface area contributed by atoms with Crippen LogP contribution < -0.4 is 11.5 Å². The van der Waals surface area contributed by atoms with Crippen LogP contribution in [0.1, 0.15) is 6.92 Å². The van der Waals surface area contributed by atoms with Crippen molar-refractivity contribution in [3.63, 3.8) is 0 Å². The Labute approximate surface area is 52.3 Å². The number of carboxylic acid groups (broad SMARTS) is 1. The van der Waals surface area contributed by atoms with Gasteiger partial charge >= 0.3 is 5.97 Å². The molecular formula is C4H10N2O3. The third-order valence-corrected chi connectivity index (χ3v) is 0.823. The number of aliphatic hydroxyl groups excluding tert-OH is 1. The van der Waals surface area contributed by atoms with E-state index >= 15 is 0 Å². The number of carboxylic acids is 1. The Kier molecular flexibility index (Phi) is 2.13. The van der Waals surface area contributed by atoms with Gasteiger partial charge in [-0.05, 0) is 6.92 Å². The molecule has 0 heterocycles. The van der Waals surface area contributed by atoms with Crippen molar-refractivity contribution in [1.29, 1.82) is 0 Å². The smallest absolute Gasteiger partial charge is 0.335 e. The van der Waals surface area contributed by atoms with Gasteiger partial charge in [-0.3, -0.25) is 0 Å². The fraction of sp³-hybridized carbons (Fsp3) is 0.750. The van der Waals surface area contributed by atoms with Crippen molar-refractivity contribution in [2.75, 3.05) is 0 Å². The van der Waals surface area contributed by atoms with Gasteiger partial charge in [0.05, 0.1) is 5.66 Å². The molecule has 0 spiro atoms. The summed E-state index contributed by atoms with van der Waals surface area (Å²) in [6.07, 6.45) is -1.71. The van der Waals surface area contributed by atoms with E-state index in [-0.39, 0.29) is 0 Å². The zero-order chi connectivity index (χ0) is 7.65. The minimum absolute atomic E-state index is 1.23. The second-order valence-corrected chi connectivity index (χ2v) is 2.11. The van der Waals surface area contributed by atoms with Crippen molar-refractivity contribution in [2.24, 2.45) is 11.5 Å². The van der Waals surface area contributed by atoms with E-state index in [9.17, 15) is 4.79 Å². The van der Waals surface area contributed by atoms with Crippen LogP contribution in [0.4, 0.5) is 0 Å². The number of rotatable bonds is 2. The predicted octanol–water partition coefficient (Wildman–Crippen LogP) is -1.93. The average molecular weight is 134 g/mol. The minimum atomic E-state index is -1.71. The summed E-state index contributed by atoms with van der Waals surface area (Å²) in [6, 6.07) is 0. The monoisotopic (exact) mass is 134 g/mol. The first-order valence-electron chi connectivity index (χ1n) is 2.34. The van der Waals surface area contributed by atoms with Gasteiger partial charge in [-0.1, -0.05) is 0 Å². The summed E-state index contributed by atoms with van der Waals surface area (Å²) >= 11 is 0. The van der Waals surface area contributed by atoms with Crippen LogP contribution in [0.2, 0.25) is 0 Å². The van der Waals surface area contributed by atoms with Crippen molar-refractivity contribution in [3.05, 3.63) is 0 Å². The van der Waals surface area contributed by atoms with Crippen LogP contribution in [-0.4, -0.2) is 27.9 Å². The molecule has 9 heavy (non-hydrogen) atoms. The lowest BCUT2D eigenvalue weighted by Gasteiger charge is -2.21. The van der Waals surface area contributed by atoms with Crippen LogP contribution in [0.3, 0.4) is 0 Å². The predicted molar refractivity (Wildman–Crippen MR) is 30.4 cm³/mol. The quantitative estimate of drug-likeness (QED) is 0.329. The number of carbonyl (C=O) groups is 1. The zero-order valence-corrected chi connectivity index (χ0v) is 5.03. The molecule has 0 aliphatic heterocycles. The molecule has 5 heteroatoms. The molecule has 0 amide bonds. The molecule has 1 unspecified atom stereocenters. The van der Waals surface area contributed by atoms with Crippen molar-refractivity contribution in [3.8, 4) is 0 Å². The van der Waals surface area contributed by atoms with Gasteiger partial charge in [0, 0.05) is 0 Å². The molecule has 0 saturated heterocycles. The molecule has 0 radical (unpaired) electrons. The third-order valence-electron chi connectivity index (χ3n) is 0.823. The van der Waals surface area contributed by atoms with E-state index in [2.05, 4.69) is 0 Å². The molecule has 6 N–H and O–H groups in total. The van der Waals surface area contributed by atoms with Crippen molar-refractivity contribution >= 4 is 5.97 Å². The van der Waals surface area contributed by atoms with Crippen LogP contribution in [0, 0.1) is 0 Å². The number of hydrogen-bond acceptors (Lipinski definition) is 4. The molecule has 0 aliphatic carbocycles. The van der Waals surface area contributed by atoms with Gasteiger partial charge in [0.1, 0.15) is 0 Å². The van der Waals surface area contributed by atoms with E-state index in [0.717, 1.165) is 0 Å². The van der Waals surface area contributed by atoms with E-state index in [1.54, 1.807) is 0 Å². The Hall–Kier alpha value is -0.650. The zero-order valence-electron chi connectivity index (χ0n) is 5.03. The standard InChI is InChI=1S/C4H10N2O3/c1-4(5,6)2(7)3(8)9/h2,7H,5-6H2,1H3,(H,8,9). The van der Waals surface area contributed by atoms with Gasteiger partial charge in [0.2, 0.25) is 0 Å². The minimum Gasteiger partial charge on any atom is -0.479 e. The second-order valence-electron chi connectivity index (χ2n) is 2.11. The molecule has 0 bridgehead atoms. The lowest BCUT2D eigenvalue weighted by atomic mass is 10.1. The summed E-state index contributed by atoms with van der Waals surface area (Å²) in [7, 11) is 0. The Morgan fingerprint density at radius 2 is 2.00 bits per heavy atom. The van der Waals surface area contributed by atoms with Crippen LogP contribution in [0.15, 0.2) is 0 Å². The Balaban J connectivity index is 4.04. The van der Waals surface area contributed by atoms with Gasteiger partial charge < -0.3 is 21.7 Å². The first-order valence-corrected chi connectivity index (χ1v) is 2.34. The highest BCUT2D eigenvalue weighted by Crippen LogP contribution is 1.96. The summed E-state index contributed by atoms with van der Waals surface area (Å²) < 4.78 is 0. The fourth-order valence-electron chi connectivity index (χ4n) is 0.266. The van der Waals surface area contributed by atoms with E-state index in [4.69, 9.17) is 21.7 Å². The summed E-state index contributed by atoms with van der Waals surface area (Å²) in [5, 5.41) is 16.7. The molecular weight excluding hydrogens is 124 g/mol. The van der Waals surface area contributed by atoms with E-state index < -0.39 is 17.7 Å². The highest BCUT2D eigenvalue weighted by atomic mass is 16.4. The topological polar surface area (TPSA) is 110 Å². The van der Waals surface area contributed by atoms with Gasteiger partial charge in [-0.25, -0.2) is 4.79 Å². The summed E-state index contributed by atoms with van der Waals surface area (Å²) in [5.41, 5.74) is 8.49. The van der Waals surface area contributed by atoms with Gasteiger partial charge in [0.25, 0.3) is 0 Å². The van der Waals surface area contributed by atoms with Gasteiger partial charge in [-0.15, -0.1) is 0 Å². The number of aliphatic hydroxyl groups is 1. The first kappa shape index (κ1) is 8.35. The highest BCUT2D eigenvalue weighted by molar-refractivity contribution is 5.73. The Morgan fingerprint density at radius 3 is 2.00 bits per heavy atom. The number of nitrogens with two attached hydrogens (primary N) is 2. The molecule has 0 rings (SSSR count). The first-order chi connectivity index (χ1) is 3.85. The normalized spacial score (nSPS) is 15.1. The number of aliphatic carboxylic acids is 1. The number of hydrogen-bond donors (Lipinski definition) is 4. The van der Waals surface area contributed by atoms with Crippen LogP contribution in [0.25, 0.3) is 0 Å². The summed E-state index contributed by atoms with van der Waals surface area (Å²) in [5.74, 6) is -1.41. The molecule has 0 aliphatic rings. The molecule has 0 aromatic rings. The van der Waals surface area contributed by atoms with Gasteiger partial charge in [-0.2, -0.15) is 0 Å². The van der Waals surface area contributed by atoms with E-state index in [1.165, 1.54) is 6.92 Å². The second kappa shape index (κ2) is 2.30. The van der Waals surface area contributed by atoms with E-state index in [0.29, 0.717) is 0 Å².